The monoisotopic (exact) mass is 413 g/mol. The number of hydrogen-bond donors (Lipinski definition) is 0. The van der Waals surface area contributed by atoms with E-state index >= 15 is 0 Å². The molecular formula is C19H16BrN3OS. The maximum absolute atomic E-state index is 12.7. The number of thioether (sulfide) groups is 1. The van der Waals surface area contributed by atoms with Crippen molar-refractivity contribution in [1.82, 2.24) is 0 Å². The Morgan fingerprint density at radius 3 is 2.16 bits per heavy atom. The molecule has 6 heteroatoms. The Labute approximate surface area is 159 Å². The third-order valence-electron chi connectivity index (χ3n) is 4.04. The predicted molar refractivity (Wildman–Crippen MR) is 106 cm³/mol. The third-order valence-corrected chi connectivity index (χ3v) is 5.58. The molecule has 25 heavy (non-hydrogen) atoms. The Morgan fingerprint density at radius 2 is 1.64 bits per heavy atom. The number of Topliss-reactive ketones (excluding diaryl/α,β-unsaturated/α-hetero) is 1. The highest BCUT2D eigenvalue weighted by atomic mass is 79.9. The van der Waals surface area contributed by atoms with E-state index in [1.54, 1.807) is 0 Å². The zero-order chi connectivity index (χ0) is 18.0. The van der Waals surface area contributed by atoms with Crippen LogP contribution in [0.5, 0.6) is 0 Å². The fourth-order valence-electron chi connectivity index (χ4n) is 2.81. The summed E-state index contributed by atoms with van der Waals surface area (Å²) in [5, 5.41) is 9.61. The lowest BCUT2D eigenvalue weighted by molar-refractivity contribution is -0.112. The van der Waals surface area contributed by atoms with Crippen molar-refractivity contribution >= 4 is 44.8 Å². The molecule has 2 aromatic carbocycles. The molecule has 3 rings (SSSR count). The molecule has 0 N–H and O–H groups in total. The first-order chi connectivity index (χ1) is 12.0. The largest absolute Gasteiger partial charge is 0.328 e. The van der Waals surface area contributed by atoms with Gasteiger partial charge >= 0.3 is 0 Å². The van der Waals surface area contributed by atoms with Crippen LogP contribution in [0.3, 0.4) is 0 Å². The summed E-state index contributed by atoms with van der Waals surface area (Å²) in [5.41, 5.74) is 2.16. The van der Waals surface area contributed by atoms with Crippen molar-refractivity contribution < 1.29 is 4.79 Å². The number of carbonyl (C=O) groups excluding carboxylic acids is 1. The highest BCUT2D eigenvalue weighted by Crippen LogP contribution is 2.40. The normalized spacial score (nSPS) is 12.8. The quantitative estimate of drug-likeness (QED) is 0.421. The van der Waals surface area contributed by atoms with Crippen LogP contribution in [-0.2, 0) is 4.79 Å². The van der Waals surface area contributed by atoms with Crippen LogP contribution in [0.4, 0.5) is 11.4 Å². The number of nitrogens with zero attached hydrogens (tertiary/aromatic N) is 3. The first-order valence-electron chi connectivity index (χ1n) is 7.65. The van der Waals surface area contributed by atoms with Crippen molar-refractivity contribution in [3.05, 3.63) is 64.4 Å². The maximum Gasteiger partial charge on any atom is 0.187 e. The number of fused-ring (bicyclic) bond motifs is 1. The lowest BCUT2D eigenvalue weighted by Crippen LogP contribution is -2.26. The van der Waals surface area contributed by atoms with Crippen LogP contribution < -0.4 is 9.80 Å². The molecule has 0 aromatic heterocycles. The molecule has 0 bridgehead atoms. The van der Waals surface area contributed by atoms with Gasteiger partial charge in [0.1, 0.15) is 17.5 Å². The van der Waals surface area contributed by atoms with Gasteiger partial charge < -0.3 is 9.80 Å². The zero-order valence-corrected chi connectivity index (χ0v) is 16.3. The van der Waals surface area contributed by atoms with E-state index in [0.29, 0.717) is 5.82 Å². The first kappa shape index (κ1) is 17.6. The van der Waals surface area contributed by atoms with Crippen molar-refractivity contribution in [3.63, 3.8) is 0 Å². The van der Waals surface area contributed by atoms with Crippen LogP contribution in [0.1, 0.15) is 0 Å². The number of allylic oxidation sites excluding steroid dienone is 1. The van der Waals surface area contributed by atoms with Gasteiger partial charge in [0.15, 0.2) is 5.78 Å². The molecule has 1 heterocycles. The Kier molecular flexibility index (Phi) is 5.16. The van der Waals surface area contributed by atoms with Crippen LogP contribution in [0.2, 0.25) is 0 Å². The third kappa shape index (κ3) is 3.44. The molecule has 2 aromatic rings. The molecule has 126 valence electrons. The number of hydrogen-bond acceptors (Lipinski definition) is 5. The summed E-state index contributed by atoms with van der Waals surface area (Å²) in [4.78, 5) is 17.5. The SMILES string of the molecule is CN1C(=C(C#N)C(=O)CSc2ccc(Br)cc2)N(C)c2ccccc21. The van der Waals surface area contributed by atoms with Gasteiger partial charge in [-0.3, -0.25) is 4.79 Å². The molecule has 4 nitrogen and oxygen atoms in total. The van der Waals surface area contributed by atoms with Crippen molar-refractivity contribution in [1.29, 1.82) is 5.26 Å². The summed E-state index contributed by atoms with van der Waals surface area (Å²) >= 11 is 4.83. The fourth-order valence-corrected chi connectivity index (χ4v) is 3.84. The second-order valence-electron chi connectivity index (χ2n) is 5.58. The number of carbonyl (C=O) groups is 1. The smallest absolute Gasteiger partial charge is 0.187 e. The molecule has 1 aliphatic rings. The minimum atomic E-state index is -0.170. The predicted octanol–water partition coefficient (Wildman–Crippen LogP) is 4.43. The van der Waals surface area contributed by atoms with E-state index in [4.69, 9.17) is 0 Å². The van der Waals surface area contributed by atoms with E-state index in [-0.39, 0.29) is 17.1 Å². The zero-order valence-electron chi connectivity index (χ0n) is 13.9. The molecule has 0 aliphatic carbocycles. The topological polar surface area (TPSA) is 47.3 Å². The molecule has 0 spiro atoms. The summed E-state index contributed by atoms with van der Waals surface area (Å²) < 4.78 is 0.995. The average molecular weight is 414 g/mol. The van der Waals surface area contributed by atoms with E-state index < -0.39 is 0 Å². The minimum Gasteiger partial charge on any atom is -0.328 e. The van der Waals surface area contributed by atoms with Gasteiger partial charge in [0.05, 0.1) is 17.1 Å². The minimum absolute atomic E-state index is 0.170. The summed E-state index contributed by atoms with van der Waals surface area (Å²) in [6.45, 7) is 0. The van der Waals surface area contributed by atoms with E-state index in [1.807, 2.05) is 72.4 Å². The van der Waals surface area contributed by atoms with E-state index in [9.17, 15) is 10.1 Å². The van der Waals surface area contributed by atoms with Gasteiger partial charge in [-0.05, 0) is 36.4 Å². The summed E-state index contributed by atoms with van der Waals surface area (Å²) in [6.07, 6.45) is 0. The van der Waals surface area contributed by atoms with Crippen molar-refractivity contribution in [2.45, 2.75) is 4.90 Å². The Bertz CT molecular complexity index is 855. The first-order valence-corrected chi connectivity index (χ1v) is 9.43. The number of nitriles is 1. The average Bonchev–Trinajstić information content (AvgIpc) is 2.87. The molecule has 0 saturated carbocycles. The van der Waals surface area contributed by atoms with Crippen molar-refractivity contribution in [2.75, 3.05) is 29.6 Å². The van der Waals surface area contributed by atoms with Crippen LogP contribution in [0.15, 0.2) is 69.3 Å². The van der Waals surface area contributed by atoms with Crippen LogP contribution in [-0.4, -0.2) is 25.6 Å². The molecule has 0 fully saturated rings. The maximum atomic E-state index is 12.7. The van der Waals surface area contributed by atoms with Crippen LogP contribution >= 0.6 is 27.7 Å². The number of benzene rings is 2. The Morgan fingerprint density at radius 1 is 1.08 bits per heavy atom. The van der Waals surface area contributed by atoms with Crippen molar-refractivity contribution in [3.8, 4) is 6.07 Å². The number of anilines is 2. The molecule has 0 radical (unpaired) electrons. The van der Waals surface area contributed by atoms with Gasteiger partial charge in [-0.1, -0.05) is 28.1 Å². The van der Waals surface area contributed by atoms with Gasteiger partial charge in [-0.2, -0.15) is 5.26 Å². The van der Waals surface area contributed by atoms with Crippen LogP contribution in [0.25, 0.3) is 0 Å². The van der Waals surface area contributed by atoms with Gasteiger partial charge in [0.25, 0.3) is 0 Å². The summed E-state index contributed by atoms with van der Waals surface area (Å²) in [6, 6.07) is 17.7. The summed E-state index contributed by atoms with van der Waals surface area (Å²) in [7, 11) is 3.76. The Hall–Kier alpha value is -2.23. The fraction of sp³-hybridized carbons (Fsp3) is 0.158. The molecule has 0 atom stereocenters. The molecule has 0 amide bonds. The molecular weight excluding hydrogens is 398 g/mol. The van der Waals surface area contributed by atoms with Crippen LogP contribution in [0, 0.1) is 11.3 Å². The van der Waals surface area contributed by atoms with Gasteiger partial charge in [0, 0.05) is 23.5 Å². The van der Waals surface area contributed by atoms with E-state index in [1.165, 1.54) is 11.8 Å². The summed E-state index contributed by atoms with van der Waals surface area (Å²) in [5.74, 6) is 0.688. The molecule has 1 aliphatic heterocycles. The van der Waals surface area contributed by atoms with Gasteiger partial charge in [0.2, 0.25) is 0 Å². The number of halogens is 1. The van der Waals surface area contributed by atoms with E-state index in [2.05, 4.69) is 22.0 Å². The molecule has 0 unspecified atom stereocenters. The van der Waals surface area contributed by atoms with Gasteiger partial charge in [-0.15, -0.1) is 11.8 Å². The highest BCUT2D eigenvalue weighted by Gasteiger charge is 2.31. The standard InChI is InChI=1S/C19H16BrN3OS/c1-22-16-5-3-4-6-17(16)23(2)19(22)15(11-21)18(24)12-25-14-9-7-13(20)8-10-14/h3-10H,12H2,1-2H3. The van der Waals surface area contributed by atoms with E-state index in [0.717, 1.165) is 20.7 Å². The lowest BCUT2D eigenvalue weighted by atomic mass is 10.2. The molecule has 0 saturated heterocycles. The highest BCUT2D eigenvalue weighted by molar-refractivity contribution is 9.10. The Balaban J connectivity index is 1.84. The number of rotatable bonds is 4. The lowest BCUT2D eigenvalue weighted by Gasteiger charge is -2.19. The second-order valence-corrected chi connectivity index (χ2v) is 7.55. The van der Waals surface area contributed by atoms with Gasteiger partial charge in [-0.25, -0.2) is 0 Å². The van der Waals surface area contributed by atoms with Crippen molar-refractivity contribution in [2.24, 2.45) is 0 Å². The second kappa shape index (κ2) is 7.34. The number of para-hydroxylation sites is 2. The number of ketones is 1.